The smallest absolute Gasteiger partial charge is 0.461 e. The summed E-state index contributed by atoms with van der Waals surface area (Å²) in [4.78, 5) is 16.2. The summed E-state index contributed by atoms with van der Waals surface area (Å²) in [6.07, 6.45) is -3.67. The molecular formula is C15H9ClF5N3O2S. The fraction of sp³-hybridized carbons (Fsp3) is 0.267. The number of nitrogens with zero attached hydrogens (tertiary/aromatic N) is 3. The molecule has 12 heteroatoms. The number of alkyl halides is 5. The van der Waals surface area contributed by atoms with Gasteiger partial charge in [-0.05, 0) is 19.1 Å². The predicted molar refractivity (Wildman–Crippen MR) is 83.3 cm³/mol. The van der Waals surface area contributed by atoms with Crippen LogP contribution in [-0.4, -0.2) is 27.4 Å². The lowest BCUT2D eigenvalue weighted by Crippen LogP contribution is -2.45. The lowest BCUT2D eigenvalue weighted by molar-refractivity contribution is -0.583. The van der Waals surface area contributed by atoms with Gasteiger partial charge in [0.2, 0.25) is 5.69 Å². The zero-order chi connectivity index (χ0) is 20.1. The second-order valence-corrected chi connectivity index (χ2v) is 7.30. The maximum atomic E-state index is 13.7. The van der Waals surface area contributed by atoms with E-state index in [0.717, 1.165) is 20.3 Å². The third-order valence-corrected chi connectivity index (χ3v) is 4.90. The highest BCUT2D eigenvalue weighted by Gasteiger charge is 2.65. The van der Waals surface area contributed by atoms with Gasteiger partial charge >= 0.3 is 12.1 Å². The molecule has 0 aliphatic carbocycles. The number of aryl methyl sites for hydroxylation is 1. The fourth-order valence-corrected chi connectivity index (χ4v) is 3.58. The van der Waals surface area contributed by atoms with Gasteiger partial charge in [-0.3, -0.25) is 4.79 Å². The summed E-state index contributed by atoms with van der Waals surface area (Å²) >= 11 is 6.65. The van der Waals surface area contributed by atoms with E-state index in [-0.39, 0.29) is 16.7 Å². The zero-order valence-electron chi connectivity index (χ0n) is 13.4. The lowest BCUT2D eigenvalue weighted by atomic mass is 10.1. The van der Waals surface area contributed by atoms with Gasteiger partial charge in [-0.15, -0.1) is 11.3 Å². The van der Waals surface area contributed by atoms with Crippen molar-refractivity contribution in [3.63, 3.8) is 0 Å². The Balaban J connectivity index is 2.28. The summed E-state index contributed by atoms with van der Waals surface area (Å²) in [6, 6.07) is 2.94. The molecule has 144 valence electrons. The topological polar surface area (TPSA) is 62.0 Å². The largest absolute Gasteiger partial charge is 0.839 e. The number of carbonyl (C=O) groups is 1. The number of hydrogen-bond acceptors (Lipinski definition) is 4. The van der Waals surface area contributed by atoms with Crippen molar-refractivity contribution in [2.24, 2.45) is 0 Å². The molecule has 0 aliphatic heterocycles. The van der Waals surface area contributed by atoms with Crippen molar-refractivity contribution >= 4 is 34.4 Å². The van der Waals surface area contributed by atoms with Gasteiger partial charge in [0.15, 0.2) is 4.47 Å². The molecule has 0 radical (unpaired) electrons. The monoisotopic (exact) mass is 425 g/mol. The van der Waals surface area contributed by atoms with Crippen LogP contribution in [0.15, 0.2) is 24.5 Å². The van der Waals surface area contributed by atoms with Crippen molar-refractivity contribution in [3.8, 4) is 5.88 Å². The van der Waals surface area contributed by atoms with Crippen LogP contribution >= 0.6 is 22.9 Å². The van der Waals surface area contributed by atoms with Crippen molar-refractivity contribution in [2.75, 3.05) is 0 Å². The molecule has 5 nitrogen and oxygen atoms in total. The second-order valence-electron chi connectivity index (χ2n) is 5.61. The Morgan fingerprint density at radius 2 is 2.04 bits per heavy atom. The van der Waals surface area contributed by atoms with E-state index >= 15 is 0 Å². The van der Waals surface area contributed by atoms with Gasteiger partial charge in [0.25, 0.3) is 11.4 Å². The van der Waals surface area contributed by atoms with E-state index in [4.69, 9.17) is 11.6 Å². The molecule has 3 heterocycles. The van der Waals surface area contributed by atoms with Crippen molar-refractivity contribution in [1.29, 1.82) is 0 Å². The normalized spacial score (nSPS) is 12.7. The molecule has 0 saturated carbocycles. The van der Waals surface area contributed by atoms with Gasteiger partial charge in [-0.2, -0.15) is 22.0 Å². The van der Waals surface area contributed by atoms with Crippen molar-refractivity contribution in [3.05, 3.63) is 45.1 Å². The Bertz CT molecular complexity index is 1040. The molecule has 0 aromatic carbocycles. The molecule has 3 aromatic rings. The summed E-state index contributed by atoms with van der Waals surface area (Å²) in [5.41, 5.74) is -0.843. The van der Waals surface area contributed by atoms with Crippen LogP contribution in [0.2, 0.25) is 4.47 Å². The van der Waals surface area contributed by atoms with Crippen LogP contribution in [0.5, 0.6) is 5.88 Å². The predicted octanol–water partition coefficient (Wildman–Crippen LogP) is 3.15. The summed E-state index contributed by atoms with van der Waals surface area (Å²) in [7, 11) is 0. The minimum atomic E-state index is -6.13. The van der Waals surface area contributed by atoms with Crippen LogP contribution in [0.3, 0.4) is 0 Å². The number of rotatable bonds is 4. The van der Waals surface area contributed by atoms with Crippen LogP contribution < -0.4 is 9.51 Å². The number of fused-ring (bicyclic) bond motifs is 1. The Morgan fingerprint density at radius 1 is 1.37 bits per heavy atom. The van der Waals surface area contributed by atoms with Crippen LogP contribution in [0, 0.1) is 6.92 Å². The molecule has 27 heavy (non-hydrogen) atoms. The van der Waals surface area contributed by atoms with E-state index in [1.165, 1.54) is 31.5 Å². The Kier molecular flexibility index (Phi) is 4.63. The van der Waals surface area contributed by atoms with Crippen LogP contribution in [-0.2, 0) is 6.54 Å². The average Bonchev–Trinajstić information content (AvgIpc) is 3.09. The minimum absolute atomic E-state index is 0.0216. The first kappa shape index (κ1) is 19.5. The van der Waals surface area contributed by atoms with E-state index < -0.39 is 29.5 Å². The number of Topliss-reactive ketones (excluding diaryl/α,β-unsaturated/α-hetero) is 1. The number of hydrogen-bond donors (Lipinski definition) is 0. The Labute approximate surface area is 157 Å². The van der Waals surface area contributed by atoms with E-state index in [1.54, 1.807) is 0 Å². The molecule has 0 aliphatic rings. The number of halogens is 6. The molecule has 3 aromatic heterocycles. The third-order valence-electron chi connectivity index (χ3n) is 3.80. The van der Waals surface area contributed by atoms with Gasteiger partial charge in [0.1, 0.15) is 12.4 Å². The molecule has 0 N–H and O–H groups in total. The van der Waals surface area contributed by atoms with E-state index in [1.807, 2.05) is 0 Å². The molecule has 0 amide bonds. The number of imidazole rings is 1. The Hall–Kier alpha value is -2.27. The highest BCUT2D eigenvalue weighted by molar-refractivity contribution is 7.15. The summed E-state index contributed by atoms with van der Waals surface area (Å²) < 4.78 is 67.2. The van der Waals surface area contributed by atoms with Crippen molar-refractivity contribution in [2.45, 2.75) is 25.6 Å². The summed E-state index contributed by atoms with van der Waals surface area (Å²) in [5.74, 6) is -9.59. The first-order valence-corrected chi connectivity index (χ1v) is 8.44. The first-order chi connectivity index (χ1) is 12.4. The maximum absolute atomic E-state index is 13.7. The molecular weight excluding hydrogens is 417 g/mol. The fourth-order valence-electron chi connectivity index (χ4n) is 2.61. The van der Waals surface area contributed by atoms with E-state index in [0.29, 0.717) is 10.4 Å². The van der Waals surface area contributed by atoms with Crippen molar-refractivity contribution < 1.29 is 36.3 Å². The van der Waals surface area contributed by atoms with Crippen LogP contribution in [0.4, 0.5) is 22.0 Å². The van der Waals surface area contributed by atoms with E-state index in [9.17, 15) is 31.9 Å². The molecule has 0 bridgehead atoms. The van der Waals surface area contributed by atoms with Crippen LogP contribution in [0.25, 0.3) is 5.65 Å². The van der Waals surface area contributed by atoms with Gasteiger partial charge in [-0.25, -0.2) is 14.0 Å². The zero-order valence-corrected chi connectivity index (χ0v) is 14.9. The van der Waals surface area contributed by atoms with Gasteiger partial charge in [0.05, 0.1) is 11.1 Å². The highest BCUT2D eigenvalue weighted by Crippen LogP contribution is 2.39. The summed E-state index contributed by atoms with van der Waals surface area (Å²) in [5, 5.41) is 12.5. The summed E-state index contributed by atoms with van der Waals surface area (Å²) in [6.45, 7) is 1.21. The molecule has 0 saturated heterocycles. The average molecular weight is 426 g/mol. The maximum Gasteiger partial charge on any atom is 0.461 e. The first-order valence-electron chi connectivity index (χ1n) is 7.25. The number of carbonyl (C=O) groups excluding carboxylic acids is 1. The second kappa shape index (κ2) is 6.41. The third kappa shape index (κ3) is 3.14. The number of thiazole rings is 1. The lowest BCUT2D eigenvalue weighted by Gasteiger charge is -2.18. The number of aromatic nitrogens is 3. The molecule has 0 unspecified atom stereocenters. The number of pyridine rings is 1. The van der Waals surface area contributed by atoms with Crippen molar-refractivity contribution in [1.82, 2.24) is 9.55 Å². The standard InChI is InChI=1S/C15H9ClF5N3O2S/c1-7-3-2-4-23-11(7)24(6-8-5-22-13(16)27-8)9(12(23)26)10(25)14(17,18)15(19,20)21/h2-5H,6H2,1H3. The van der Waals surface area contributed by atoms with Gasteiger partial charge < -0.3 is 5.11 Å². The number of ketones is 1. The van der Waals surface area contributed by atoms with E-state index in [2.05, 4.69) is 4.98 Å². The molecule has 3 rings (SSSR count). The van der Waals surface area contributed by atoms with Crippen LogP contribution in [0.1, 0.15) is 20.9 Å². The minimum Gasteiger partial charge on any atom is -0.839 e. The Morgan fingerprint density at radius 3 is 2.59 bits per heavy atom. The molecule has 0 atom stereocenters. The van der Waals surface area contributed by atoms with Gasteiger partial charge in [-0.1, -0.05) is 11.6 Å². The quantitative estimate of drug-likeness (QED) is 0.366. The SMILES string of the molecule is Cc1ccc[n+]2c([O-])c(C(=O)C(F)(F)C(F)(F)F)n(Cc3cnc(Cl)s3)c12. The van der Waals surface area contributed by atoms with Gasteiger partial charge in [0, 0.05) is 11.8 Å². The molecule has 0 spiro atoms. The molecule has 0 fully saturated rings. The highest BCUT2D eigenvalue weighted by atomic mass is 35.5.